The lowest BCUT2D eigenvalue weighted by Gasteiger charge is -2.10. The molecule has 1 N–H and O–H groups in total. The number of fused-ring (bicyclic) bond motifs is 2. The number of rotatable bonds is 1. The van der Waals surface area contributed by atoms with E-state index in [0.29, 0.717) is 5.92 Å². The summed E-state index contributed by atoms with van der Waals surface area (Å²) in [5.41, 5.74) is 3.22. The van der Waals surface area contributed by atoms with Crippen LogP contribution in [0.4, 0.5) is 0 Å². The van der Waals surface area contributed by atoms with Gasteiger partial charge in [-0.1, -0.05) is 6.08 Å². The first-order chi connectivity index (χ1) is 8.42. The molecule has 2 aliphatic rings. The SMILES string of the molecule is C1=C(c2cc3ncccc3o2)C2CNCC2C1. The van der Waals surface area contributed by atoms with Crippen LogP contribution in [0.5, 0.6) is 0 Å². The van der Waals surface area contributed by atoms with Crippen LogP contribution >= 0.6 is 0 Å². The molecule has 17 heavy (non-hydrogen) atoms. The summed E-state index contributed by atoms with van der Waals surface area (Å²) in [5.74, 6) is 2.41. The number of furan rings is 1. The number of hydrogen-bond donors (Lipinski definition) is 1. The zero-order chi connectivity index (χ0) is 11.2. The Kier molecular flexibility index (Phi) is 1.91. The van der Waals surface area contributed by atoms with Crippen molar-refractivity contribution in [2.75, 3.05) is 13.1 Å². The molecule has 2 aromatic heterocycles. The lowest BCUT2D eigenvalue weighted by molar-refractivity contribution is 0.526. The summed E-state index contributed by atoms with van der Waals surface area (Å²) in [6.07, 6.45) is 5.33. The largest absolute Gasteiger partial charge is 0.455 e. The zero-order valence-corrected chi connectivity index (χ0v) is 9.52. The maximum atomic E-state index is 5.90. The van der Waals surface area contributed by atoms with E-state index in [-0.39, 0.29) is 0 Å². The predicted molar refractivity (Wildman–Crippen MR) is 66.5 cm³/mol. The van der Waals surface area contributed by atoms with Crippen molar-refractivity contribution in [3.8, 4) is 0 Å². The highest BCUT2D eigenvalue weighted by Crippen LogP contribution is 2.41. The lowest BCUT2D eigenvalue weighted by atomic mass is 9.94. The van der Waals surface area contributed by atoms with E-state index >= 15 is 0 Å². The average molecular weight is 226 g/mol. The van der Waals surface area contributed by atoms with E-state index in [1.54, 1.807) is 0 Å². The molecule has 3 heterocycles. The summed E-state index contributed by atoms with van der Waals surface area (Å²) >= 11 is 0. The van der Waals surface area contributed by atoms with Crippen LogP contribution in [0.25, 0.3) is 16.7 Å². The van der Waals surface area contributed by atoms with Crippen molar-refractivity contribution in [2.45, 2.75) is 6.42 Å². The molecule has 3 heteroatoms. The molecule has 1 aliphatic heterocycles. The zero-order valence-electron chi connectivity index (χ0n) is 9.52. The first-order valence-corrected chi connectivity index (χ1v) is 6.17. The van der Waals surface area contributed by atoms with Crippen LogP contribution in [0.3, 0.4) is 0 Å². The Bertz CT molecular complexity index is 566. The average Bonchev–Trinajstić information content (AvgIpc) is 3.02. The Labute approximate surface area is 99.5 Å². The Balaban J connectivity index is 1.79. The molecule has 0 bridgehead atoms. The number of pyridine rings is 1. The van der Waals surface area contributed by atoms with Crippen molar-refractivity contribution in [3.63, 3.8) is 0 Å². The van der Waals surface area contributed by atoms with Crippen molar-refractivity contribution in [2.24, 2.45) is 11.8 Å². The minimum absolute atomic E-state index is 0.635. The van der Waals surface area contributed by atoms with E-state index in [0.717, 1.165) is 35.9 Å². The predicted octanol–water partition coefficient (Wildman–Crippen LogP) is 2.45. The van der Waals surface area contributed by atoms with Gasteiger partial charge in [0.15, 0.2) is 5.58 Å². The third kappa shape index (κ3) is 1.35. The van der Waals surface area contributed by atoms with Crippen LogP contribution in [0.2, 0.25) is 0 Å². The summed E-state index contributed by atoms with van der Waals surface area (Å²) in [6, 6.07) is 5.96. The molecular weight excluding hydrogens is 212 g/mol. The summed E-state index contributed by atoms with van der Waals surface area (Å²) in [7, 11) is 0. The van der Waals surface area contributed by atoms with Gasteiger partial charge in [-0.25, -0.2) is 0 Å². The lowest BCUT2D eigenvalue weighted by Crippen LogP contribution is -2.09. The summed E-state index contributed by atoms with van der Waals surface area (Å²) in [6.45, 7) is 2.23. The van der Waals surface area contributed by atoms with Crippen molar-refractivity contribution in [1.82, 2.24) is 10.3 Å². The van der Waals surface area contributed by atoms with Gasteiger partial charge in [-0.05, 0) is 36.6 Å². The van der Waals surface area contributed by atoms with Gasteiger partial charge < -0.3 is 9.73 Å². The number of nitrogens with one attached hydrogen (secondary N) is 1. The fourth-order valence-electron chi connectivity index (χ4n) is 3.07. The molecule has 0 radical (unpaired) electrons. The topological polar surface area (TPSA) is 38.1 Å². The Morgan fingerprint density at radius 1 is 1.35 bits per heavy atom. The Morgan fingerprint density at radius 2 is 2.35 bits per heavy atom. The van der Waals surface area contributed by atoms with E-state index < -0.39 is 0 Å². The molecule has 1 fully saturated rings. The molecule has 86 valence electrons. The first-order valence-electron chi connectivity index (χ1n) is 6.17. The fourth-order valence-corrected chi connectivity index (χ4v) is 3.07. The van der Waals surface area contributed by atoms with Gasteiger partial charge in [0, 0.05) is 24.7 Å². The van der Waals surface area contributed by atoms with Crippen LogP contribution in [0.1, 0.15) is 12.2 Å². The number of nitrogens with zero attached hydrogens (tertiary/aromatic N) is 1. The molecule has 0 spiro atoms. The highest BCUT2D eigenvalue weighted by molar-refractivity contribution is 5.79. The number of aromatic nitrogens is 1. The Morgan fingerprint density at radius 3 is 3.29 bits per heavy atom. The minimum atomic E-state index is 0.635. The van der Waals surface area contributed by atoms with Crippen LogP contribution in [0.15, 0.2) is 34.9 Å². The molecule has 2 atom stereocenters. The molecule has 2 aromatic rings. The third-order valence-corrected chi connectivity index (χ3v) is 3.95. The van der Waals surface area contributed by atoms with E-state index in [4.69, 9.17) is 4.42 Å². The molecule has 2 unspecified atom stereocenters. The molecule has 0 amide bonds. The molecule has 1 aliphatic carbocycles. The molecule has 1 saturated heterocycles. The monoisotopic (exact) mass is 226 g/mol. The van der Waals surface area contributed by atoms with Gasteiger partial charge in [-0.15, -0.1) is 0 Å². The quantitative estimate of drug-likeness (QED) is 0.811. The fraction of sp³-hybridized carbons (Fsp3) is 0.357. The summed E-state index contributed by atoms with van der Waals surface area (Å²) in [5, 5.41) is 3.46. The van der Waals surface area contributed by atoms with Gasteiger partial charge in [-0.2, -0.15) is 0 Å². The number of allylic oxidation sites excluding steroid dienone is 1. The van der Waals surface area contributed by atoms with Crippen LogP contribution in [-0.4, -0.2) is 18.1 Å². The molecule has 0 aromatic carbocycles. The van der Waals surface area contributed by atoms with Crippen molar-refractivity contribution >= 4 is 16.7 Å². The first kappa shape index (κ1) is 9.42. The summed E-state index contributed by atoms with van der Waals surface area (Å²) < 4.78 is 5.90. The highest BCUT2D eigenvalue weighted by atomic mass is 16.3. The van der Waals surface area contributed by atoms with Crippen molar-refractivity contribution in [1.29, 1.82) is 0 Å². The van der Waals surface area contributed by atoms with Gasteiger partial charge in [0.05, 0.1) is 0 Å². The van der Waals surface area contributed by atoms with E-state index in [2.05, 4.69) is 22.4 Å². The third-order valence-electron chi connectivity index (χ3n) is 3.95. The summed E-state index contributed by atoms with van der Waals surface area (Å²) in [4.78, 5) is 4.32. The van der Waals surface area contributed by atoms with Gasteiger partial charge in [-0.3, -0.25) is 4.98 Å². The van der Waals surface area contributed by atoms with Gasteiger partial charge in [0.1, 0.15) is 11.3 Å². The van der Waals surface area contributed by atoms with Crippen LogP contribution in [-0.2, 0) is 0 Å². The van der Waals surface area contributed by atoms with E-state index in [1.807, 2.05) is 18.3 Å². The highest BCUT2D eigenvalue weighted by Gasteiger charge is 2.35. The second kappa shape index (κ2) is 3.44. The molecule has 0 saturated carbocycles. The smallest absolute Gasteiger partial charge is 0.153 e. The molecule has 3 nitrogen and oxygen atoms in total. The van der Waals surface area contributed by atoms with Crippen LogP contribution in [0, 0.1) is 11.8 Å². The maximum Gasteiger partial charge on any atom is 0.153 e. The second-order valence-electron chi connectivity index (χ2n) is 4.92. The Hall–Kier alpha value is -1.61. The van der Waals surface area contributed by atoms with Crippen molar-refractivity contribution in [3.05, 3.63) is 36.2 Å². The van der Waals surface area contributed by atoms with Gasteiger partial charge in [0.2, 0.25) is 0 Å². The minimum Gasteiger partial charge on any atom is -0.455 e. The standard InChI is InChI=1S/C14H14N2O/c1-2-13-12(16-5-1)6-14(17-13)10-4-3-9-7-15-8-11(9)10/h1-2,4-6,9,11,15H,3,7-8H2. The van der Waals surface area contributed by atoms with Gasteiger partial charge in [0.25, 0.3) is 0 Å². The van der Waals surface area contributed by atoms with Gasteiger partial charge >= 0.3 is 0 Å². The maximum absolute atomic E-state index is 5.90. The second-order valence-corrected chi connectivity index (χ2v) is 4.92. The van der Waals surface area contributed by atoms with E-state index in [9.17, 15) is 0 Å². The van der Waals surface area contributed by atoms with Crippen LogP contribution < -0.4 is 5.32 Å². The molecular formula is C14H14N2O. The number of hydrogen-bond acceptors (Lipinski definition) is 3. The van der Waals surface area contributed by atoms with Crippen molar-refractivity contribution < 1.29 is 4.42 Å². The van der Waals surface area contributed by atoms with E-state index in [1.165, 1.54) is 12.0 Å². The molecule has 4 rings (SSSR count). The normalized spacial score (nSPS) is 27.4.